The number of hydrogen-bond acceptors (Lipinski definition) is 5. The maximum atomic E-state index is 13.0. The van der Waals surface area contributed by atoms with E-state index in [1.54, 1.807) is 11.8 Å². The molecule has 0 radical (unpaired) electrons. The van der Waals surface area contributed by atoms with E-state index >= 15 is 0 Å². The first-order valence-corrected chi connectivity index (χ1v) is 11.8. The molecule has 2 aliphatic rings. The summed E-state index contributed by atoms with van der Waals surface area (Å²) >= 11 is 0. The highest BCUT2D eigenvalue weighted by Gasteiger charge is 2.37. The molecule has 176 valence electrons. The molecule has 2 rings (SSSR count). The predicted molar refractivity (Wildman–Crippen MR) is 119 cm³/mol. The maximum absolute atomic E-state index is 13.0. The Morgan fingerprint density at radius 1 is 1.13 bits per heavy atom. The SMILES string of the molecule is CC(N)=NCCC[C@H](CC(=O)[C@@H]1CCCN1C(=O)[C@@H](N)CC1CCCCC1)C(=O)CF. The highest BCUT2D eigenvalue weighted by Crippen LogP contribution is 2.29. The van der Waals surface area contributed by atoms with Crippen LogP contribution in [0.5, 0.6) is 0 Å². The summed E-state index contributed by atoms with van der Waals surface area (Å²) in [4.78, 5) is 43.7. The Morgan fingerprint density at radius 3 is 2.48 bits per heavy atom. The van der Waals surface area contributed by atoms with Crippen LogP contribution < -0.4 is 11.5 Å². The van der Waals surface area contributed by atoms with Crippen LogP contribution in [0, 0.1) is 11.8 Å². The topological polar surface area (TPSA) is 119 Å². The second-order valence-corrected chi connectivity index (χ2v) is 9.17. The Labute approximate surface area is 185 Å². The van der Waals surface area contributed by atoms with E-state index in [1.165, 1.54) is 19.3 Å². The van der Waals surface area contributed by atoms with E-state index in [0.29, 0.717) is 50.5 Å². The fourth-order valence-corrected chi connectivity index (χ4v) is 4.92. The van der Waals surface area contributed by atoms with Gasteiger partial charge < -0.3 is 16.4 Å². The average molecular weight is 439 g/mol. The molecule has 1 aliphatic carbocycles. The van der Waals surface area contributed by atoms with Crippen LogP contribution in [0.2, 0.25) is 0 Å². The number of alkyl halides is 1. The minimum Gasteiger partial charge on any atom is -0.388 e. The van der Waals surface area contributed by atoms with Crippen molar-refractivity contribution >= 4 is 23.3 Å². The lowest BCUT2D eigenvalue weighted by Gasteiger charge is -2.30. The predicted octanol–water partition coefficient (Wildman–Crippen LogP) is 2.55. The fourth-order valence-electron chi connectivity index (χ4n) is 4.92. The molecule has 1 saturated carbocycles. The van der Waals surface area contributed by atoms with Gasteiger partial charge in [0.05, 0.1) is 17.9 Å². The molecule has 1 heterocycles. The minimum absolute atomic E-state index is 0.0413. The van der Waals surface area contributed by atoms with E-state index < -0.39 is 30.5 Å². The van der Waals surface area contributed by atoms with Gasteiger partial charge in [-0.1, -0.05) is 32.1 Å². The summed E-state index contributed by atoms with van der Waals surface area (Å²) in [6.07, 6.45) is 8.74. The quantitative estimate of drug-likeness (QED) is 0.276. The number of hydrogen-bond donors (Lipinski definition) is 2. The largest absolute Gasteiger partial charge is 0.388 e. The van der Waals surface area contributed by atoms with Crippen LogP contribution in [0.25, 0.3) is 0 Å². The standard InChI is InChI=1S/C23H39FN4O3/c1-16(25)27-11-5-9-18(22(30)15-24)14-21(29)20-10-6-12-28(20)23(31)19(26)13-17-7-3-2-4-8-17/h17-20H,2-15,26H2,1H3,(H2,25,27)/t18-,19+,20+/m1/s1. The van der Waals surface area contributed by atoms with Crippen LogP contribution in [0.3, 0.4) is 0 Å². The van der Waals surface area contributed by atoms with Gasteiger partial charge in [-0.2, -0.15) is 0 Å². The minimum atomic E-state index is -1.09. The molecule has 2 fully saturated rings. The van der Waals surface area contributed by atoms with Crippen LogP contribution in [-0.2, 0) is 14.4 Å². The third-order valence-electron chi connectivity index (χ3n) is 6.64. The zero-order valence-corrected chi connectivity index (χ0v) is 18.9. The van der Waals surface area contributed by atoms with Gasteiger partial charge in [-0.05, 0) is 44.9 Å². The average Bonchev–Trinajstić information content (AvgIpc) is 3.25. The van der Waals surface area contributed by atoms with Crippen LogP contribution in [0.1, 0.15) is 77.6 Å². The molecule has 1 amide bonds. The van der Waals surface area contributed by atoms with Crippen molar-refractivity contribution in [1.29, 1.82) is 0 Å². The van der Waals surface area contributed by atoms with Crippen molar-refractivity contribution in [3.63, 3.8) is 0 Å². The molecule has 0 spiro atoms. The van der Waals surface area contributed by atoms with Crippen molar-refractivity contribution in [2.45, 2.75) is 89.6 Å². The van der Waals surface area contributed by atoms with Gasteiger partial charge >= 0.3 is 0 Å². The summed E-state index contributed by atoms with van der Waals surface area (Å²) in [7, 11) is 0. The molecule has 31 heavy (non-hydrogen) atoms. The number of rotatable bonds is 12. The third-order valence-corrected chi connectivity index (χ3v) is 6.64. The lowest BCUT2D eigenvalue weighted by Crippen LogP contribution is -2.49. The number of nitrogens with zero attached hydrogens (tertiary/aromatic N) is 2. The molecular formula is C23H39FN4O3. The van der Waals surface area contributed by atoms with Gasteiger partial charge in [0.2, 0.25) is 5.91 Å². The van der Waals surface area contributed by atoms with Crippen molar-refractivity contribution < 1.29 is 18.8 Å². The van der Waals surface area contributed by atoms with Gasteiger partial charge in [0, 0.05) is 25.4 Å². The second-order valence-electron chi connectivity index (χ2n) is 9.17. The number of aliphatic imine (C=N–C) groups is 1. The van der Waals surface area contributed by atoms with Gasteiger partial charge in [0.25, 0.3) is 0 Å². The number of carbonyl (C=O) groups is 3. The maximum Gasteiger partial charge on any atom is 0.240 e. The van der Waals surface area contributed by atoms with Gasteiger partial charge in [-0.25, -0.2) is 4.39 Å². The second kappa shape index (κ2) is 12.9. The normalized spacial score (nSPS) is 22.4. The molecule has 7 nitrogen and oxygen atoms in total. The first-order valence-electron chi connectivity index (χ1n) is 11.8. The Balaban J connectivity index is 1.93. The van der Waals surface area contributed by atoms with Crippen LogP contribution in [0.4, 0.5) is 4.39 Å². The van der Waals surface area contributed by atoms with E-state index in [2.05, 4.69) is 4.99 Å². The van der Waals surface area contributed by atoms with Crippen molar-refractivity contribution in [3.05, 3.63) is 0 Å². The zero-order chi connectivity index (χ0) is 22.8. The number of amidine groups is 1. The van der Waals surface area contributed by atoms with Gasteiger partial charge in [0.15, 0.2) is 11.6 Å². The number of amides is 1. The van der Waals surface area contributed by atoms with E-state index in [1.807, 2.05) is 0 Å². The Kier molecular flexibility index (Phi) is 10.6. The summed E-state index contributed by atoms with van der Waals surface area (Å²) in [5.74, 6) is -0.639. The lowest BCUT2D eigenvalue weighted by atomic mass is 9.84. The molecular weight excluding hydrogens is 399 g/mol. The smallest absolute Gasteiger partial charge is 0.240 e. The van der Waals surface area contributed by atoms with E-state index in [4.69, 9.17) is 11.5 Å². The molecule has 0 bridgehead atoms. The van der Waals surface area contributed by atoms with E-state index in [-0.39, 0.29) is 18.1 Å². The molecule has 0 aromatic heterocycles. The first kappa shape index (κ1) is 25.4. The number of halogens is 1. The molecule has 1 aliphatic heterocycles. The molecule has 8 heteroatoms. The Bertz CT molecular complexity index is 645. The van der Waals surface area contributed by atoms with E-state index in [9.17, 15) is 18.8 Å². The highest BCUT2D eigenvalue weighted by atomic mass is 19.1. The van der Waals surface area contributed by atoms with Crippen molar-refractivity contribution in [3.8, 4) is 0 Å². The monoisotopic (exact) mass is 438 g/mol. The van der Waals surface area contributed by atoms with Crippen molar-refractivity contribution in [1.82, 2.24) is 4.90 Å². The molecule has 3 atom stereocenters. The van der Waals surface area contributed by atoms with Gasteiger partial charge in [0.1, 0.15) is 6.67 Å². The molecule has 1 saturated heterocycles. The summed E-state index contributed by atoms with van der Waals surface area (Å²) in [5, 5.41) is 0. The molecule has 4 N–H and O–H groups in total. The Hall–Kier alpha value is -1.83. The Morgan fingerprint density at radius 2 is 1.84 bits per heavy atom. The van der Waals surface area contributed by atoms with Crippen LogP contribution in [0.15, 0.2) is 4.99 Å². The van der Waals surface area contributed by atoms with E-state index in [0.717, 1.165) is 19.3 Å². The van der Waals surface area contributed by atoms with Gasteiger partial charge in [-0.15, -0.1) is 0 Å². The summed E-state index contributed by atoms with van der Waals surface area (Å²) in [5.41, 5.74) is 11.7. The lowest BCUT2D eigenvalue weighted by molar-refractivity contribution is -0.140. The molecule has 0 unspecified atom stereocenters. The number of ketones is 2. The molecule has 0 aromatic rings. The number of carbonyl (C=O) groups excluding carboxylic acids is 3. The van der Waals surface area contributed by atoms with Crippen LogP contribution in [-0.4, -0.2) is 60.1 Å². The summed E-state index contributed by atoms with van der Waals surface area (Å²) in [6.45, 7) is 1.55. The summed E-state index contributed by atoms with van der Waals surface area (Å²) in [6, 6.07) is -1.14. The zero-order valence-electron chi connectivity index (χ0n) is 18.9. The molecule has 0 aromatic carbocycles. The van der Waals surface area contributed by atoms with Crippen LogP contribution >= 0.6 is 0 Å². The van der Waals surface area contributed by atoms with Gasteiger partial charge in [-0.3, -0.25) is 19.4 Å². The first-order chi connectivity index (χ1) is 14.8. The third kappa shape index (κ3) is 7.98. The highest BCUT2D eigenvalue weighted by molar-refractivity contribution is 5.94. The number of Topliss-reactive ketones (excluding diaryl/α,β-unsaturated/α-hetero) is 2. The number of likely N-dealkylation sites (tertiary alicyclic amines) is 1. The van der Waals surface area contributed by atoms with Crippen molar-refractivity contribution in [2.24, 2.45) is 28.3 Å². The fraction of sp³-hybridized carbons (Fsp3) is 0.826. The summed E-state index contributed by atoms with van der Waals surface area (Å²) < 4.78 is 13.0. The number of nitrogens with two attached hydrogens (primary N) is 2. The van der Waals surface area contributed by atoms with Crippen molar-refractivity contribution in [2.75, 3.05) is 19.8 Å².